The van der Waals surface area contributed by atoms with Crippen molar-refractivity contribution in [3.05, 3.63) is 47.4 Å². The number of para-hydroxylation sites is 2. The van der Waals surface area contributed by atoms with Crippen LogP contribution in [0.15, 0.2) is 34.7 Å². The number of anilines is 1. The van der Waals surface area contributed by atoms with E-state index in [1.54, 1.807) is 24.3 Å². The van der Waals surface area contributed by atoms with Crippen LogP contribution in [0, 0.1) is 13.8 Å². The number of furan rings is 1. The van der Waals surface area contributed by atoms with Gasteiger partial charge in [-0.1, -0.05) is 12.1 Å². The van der Waals surface area contributed by atoms with E-state index in [0.717, 1.165) is 17.1 Å². The summed E-state index contributed by atoms with van der Waals surface area (Å²) in [4.78, 5) is 23.1. The number of nitrogens with two attached hydrogens (primary N) is 1. The number of aryl methyl sites for hydroxylation is 2. The molecule has 1 atom stereocenters. The Morgan fingerprint density at radius 2 is 2.00 bits per heavy atom. The van der Waals surface area contributed by atoms with Crippen molar-refractivity contribution in [2.75, 3.05) is 11.9 Å². The number of nitrogens with one attached hydrogen (secondary N) is 2. The SMILES string of the molecule is Cc1cc(C(C)NC(=O)Nc2ccccc2OCCC(N)=O)c(C)o1. The van der Waals surface area contributed by atoms with Crippen molar-refractivity contribution in [3.8, 4) is 5.75 Å². The van der Waals surface area contributed by atoms with Gasteiger partial charge in [0.25, 0.3) is 0 Å². The van der Waals surface area contributed by atoms with Crippen LogP contribution in [0.5, 0.6) is 5.75 Å². The predicted molar refractivity (Wildman–Crippen MR) is 94.5 cm³/mol. The number of hydrogen-bond acceptors (Lipinski definition) is 4. The molecular formula is C18H23N3O4. The average molecular weight is 345 g/mol. The van der Waals surface area contributed by atoms with Crippen LogP contribution in [0.1, 0.15) is 36.5 Å². The zero-order valence-electron chi connectivity index (χ0n) is 14.6. The fourth-order valence-corrected chi connectivity index (χ4v) is 2.47. The van der Waals surface area contributed by atoms with Crippen LogP contribution in [0.25, 0.3) is 0 Å². The van der Waals surface area contributed by atoms with Crippen LogP contribution in [0.2, 0.25) is 0 Å². The molecule has 0 aliphatic heterocycles. The molecule has 0 spiro atoms. The number of rotatable bonds is 7. The van der Waals surface area contributed by atoms with Crippen molar-refractivity contribution in [1.82, 2.24) is 5.32 Å². The summed E-state index contributed by atoms with van der Waals surface area (Å²) < 4.78 is 11.0. The van der Waals surface area contributed by atoms with Gasteiger partial charge < -0.3 is 25.5 Å². The van der Waals surface area contributed by atoms with Crippen molar-refractivity contribution in [3.63, 3.8) is 0 Å². The van der Waals surface area contributed by atoms with E-state index in [9.17, 15) is 9.59 Å². The summed E-state index contributed by atoms with van der Waals surface area (Å²) in [5.74, 6) is 1.61. The maximum absolute atomic E-state index is 12.3. The van der Waals surface area contributed by atoms with Crippen LogP contribution in [0.3, 0.4) is 0 Å². The van der Waals surface area contributed by atoms with Gasteiger partial charge in [0.1, 0.15) is 17.3 Å². The highest BCUT2D eigenvalue weighted by atomic mass is 16.5. The zero-order valence-corrected chi connectivity index (χ0v) is 14.6. The Kier molecular flexibility index (Phi) is 6.05. The second-order valence-electron chi connectivity index (χ2n) is 5.75. The first kappa shape index (κ1) is 18.4. The van der Waals surface area contributed by atoms with Gasteiger partial charge >= 0.3 is 6.03 Å². The summed E-state index contributed by atoms with van der Waals surface area (Å²) in [7, 11) is 0. The van der Waals surface area contributed by atoms with E-state index in [1.807, 2.05) is 26.8 Å². The Morgan fingerprint density at radius 3 is 2.64 bits per heavy atom. The lowest BCUT2D eigenvalue weighted by Crippen LogP contribution is -2.31. The summed E-state index contributed by atoms with van der Waals surface area (Å²) in [6.45, 7) is 5.76. The Hall–Kier alpha value is -2.96. The molecule has 0 radical (unpaired) electrons. The Morgan fingerprint density at radius 1 is 1.28 bits per heavy atom. The third kappa shape index (κ3) is 5.27. The van der Waals surface area contributed by atoms with Crippen LogP contribution in [-0.2, 0) is 4.79 Å². The van der Waals surface area contributed by atoms with E-state index in [0.29, 0.717) is 11.4 Å². The van der Waals surface area contributed by atoms with Crippen molar-refractivity contribution >= 4 is 17.6 Å². The van der Waals surface area contributed by atoms with Gasteiger partial charge in [0.2, 0.25) is 5.91 Å². The van der Waals surface area contributed by atoms with Gasteiger partial charge in [-0.05, 0) is 39.0 Å². The molecule has 1 aromatic carbocycles. The first-order chi connectivity index (χ1) is 11.9. The number of carbonyl (C=O) groups is 2. The molecule has 25 heavy (non-hydrogen) atoms. The molecule has 7 nitrogen and oxygen atoms in total. The lowest BCUT2D eigenvalue weighted by Gasteiger charge is -2.16. The summed E-state index contributed by atoms with van der Waals surface area (Å²) in [6.07, 6.45) is 0.108. The van der Waals surface area contributed by atoms with E-state index in [4.69, 9.17) is 14.9 Å². The standard InChI is InChI=1S/C18H23N3O4/c1-11-10-14(13(3)25-11)12(2)20-18(23)21-15-6-4-5-7-16(15)24-9-8-17(19)22/h4-7,10,12H,8-9H2,1-3H3,(H2,19,22)(H2,20,21,23). The molecule has 0 saturated heterocycles. The molecule has 7 heteroatoms. The number of ether oxygens (including phenoxy) is 1. The molecule has 4 N–H and O–H groups in total. The Balaban J connectivity index is 1.98. The monoisotopic (exact) mass is 345 g/mol. The van der Waals surface area contributed by atoms with Gasteiger partial charge in [-0.15, -0.1) is 0 Å². The maximum Gasteiger partial charge on any atom is 0.319 e. The third-order valence-electron chi connectivity index (χ3n) is 3.63. The normalized spacial score (nSPS) is 11.6. The molecule has 1 aromatic heterocycles. The molecule has 2 rings (SSSR count). The highest BCUT2D eigenvalue weighted by Gasteiger charge is 2.16. The van der Waals surface area contributed by atoms with Crippen molar-refractivity contribution in [2.24, 2.45) is 5.73 Å². The van der Waals surface area contributed by atoms with Crippen LogP contribution in [-0.4, -0.2) is 18.5 Å². The fourth-order valence-electron chi connectivity index (χ4n) is 2.47. The smallest absolute Gasteiger partial charge is 0.319 e. The lowest BCUT2D eigenvalue weighted by molar-refractivity contribution is -0.118. The van der Waals surface area contributed by atoms with Crippen LogP contribution < -0.4 is 21.1 Å². The number of carbonyl (C=O) groups excluding carboxylic acids is 2. The number of urea groups is 1. The van der Waals surface area contributed by atoms with Crippen molar-refractivity contribution in [2.45, 2.75) is 33.2 Å². The van der Waals surface area contributed by atoms with Crippen molar-refractivity contribution < 1.29 is 18.7 Å². The highest BCUT2D eigenvalue weighted by Crippen LogP contribution is 2.25. The molecular weight excluding hydrogens is 322 g/mol. The van der Waals surface area contributed by atoms with Gasteiger partial charge in [0, 0.05) is 5.56 Å². The van der Waals surface area contributed by atoms with Crippen molar-refractivity contribution in [1.29, 1.82) is 0 Å². The third-order valence-corrected chi connectivity index (χ3v) is 3.63. The molecule has 1 unspecified atom stereocenters. The summed E-state index contributed by atoms with van der Waals surface area (Å²) in [6, 6.07) is 8.33. The first-order valence-corrected chi connectivity index (χ1v) is 8.01. The summed E-state index contributed by atoms with van der Waals surface area (Å²) >= 11 is 0. The first-order valence-electron chi connectivity index (χ1n) is 8.01. The number of benzene rings is 1. The fraction of sp³-hybridized carbons (Fsp3) is 0.333. The van der Waals surface area contributed by atoms with Gasteiger partial charge in [-0.2, -0.15) is 0 Å². The molecule has 1 heterocycles. The number of primary amides is 1. The topological polar surface area (TPSA) is 107 Å². The average Bonchev–Trinajstić information content (AvgIpc) is 2.87. The maximum atomic E-state index is 12.3. The molecule has 0 aliphatic rings. The van der Waals surface area contributed by atoms with E-state index in [2.05, 4.69) is 10.6 Å². The second kappa shape index (κ2) is 8.23. The lowest BCUT2D eigenvalue weighted by atomic mass is 10.1. The van der Waals surface area contributed by atoms with E-state index in [1.165, 1.54) is 0 Å². The number of amides is 3. The highest BCUT2D eigenvalue weighted by molar-refractivity contribution is 5.91. The van der Waals surface area contributed by atoms with Crippen LogP contribution >= 0.6 is 0 Å². The number of hydrogen-bond donors (Lipinski definition) is 3. The molecule has 0 bridgehead atoms. The van der Waals surface area contributed by atoms with Gasteiger partial charge in [0.05, 0.1) is 24.8 Å². The predicted octanol–water partition coefficient (Wildman–Crippen LogP) is 3.03. The van der Waals surface area contributed by atoms with Gasteiger partial charge in [-0.25, -0.2) is 4.79 Å². The molecule has 134 valence electrons. The molecule has 0 saturated carbocycles. The summed E-state index contributed by atoms with van der Waals surface area (Å²) in [5.41, 5.74) is 6.53. The molecule has 0 fully saturated rings. The molecule has 0 aliphatic carbocycles. The zero-order chi connectivity index (χ0) is 18.4. The molecule has 3 amide bonds. The quantitative estimate of drug-likeness (QED) is 0.717. The minimum atomic E-state index is -0.442. The second-order valence-corrected chi connectivity index (χ2v) is 5.75. The molecule has 2 aromatic rings. The minimum absolute atomic E-state index is 0.108. The van der Waals surface area contributed by atoms with Gasteiger partial charge in [0.15, 0.2) is 0 Å². The largest absolute Gasteiger partial charge is 0.491 e. The van der Waals surface area contributed by atoms with Gasteiger partial charge in [-0.3, -0.25) is 4.79 Å². The Labute approximate surface area is 146 Å². The Bertz CT molecular complexity index is 755. The van der Waals surface area contributed by atoms with E-state index < -0.39 is 5.91 Å². The van der Waals surface area contributed by atoms with E-state index >= 15 is 0 Å². The summed E-state index contributed by atoms with van der Waals surface area (Å²) in [5, 5.41) is 5.61. The van der Waals surface area contributed by atoms with Crippen LogP contribution in [0.4, 0.5) is 10.5 Å². The minimum Gasteiger partial charge on any atom is -0.491 e. The van der Waals surface area contributed by atoms with E-state index in [-0.39, 0.29) is 25.1 Å².